The van der Waals surface area contributed by atoms with Crippen molar-refractivity contribution in [2.45, 2.75) is 44.6 Å². The number of rotatable bonds is 9. The molecule has 0 aliphatic carbocycles. The minimum atomic E-state index is -0.333. The lowest BCUT2D eigenvalue weighted by molar-refractivity contribution is -0.137. The van der Waals surface area contributed by atoms with E-state index in [-0.39, 0.29) is 17.9 Å². The molecule has 1 saturated heterocycles. The maximum atomic E-state index is 12.8. The third-order valence-corrected chi connectivity index (χ3v) is 5.47. The molecule has 1 fully saturated rings. The summed E-state index contributed by atoms with van der Waals surface area (Å²) in [6.07, 6.45) is 4.88. The van der Waals surface area contributed by atoms with Gasteiger partial charge in [-0.2, -0.15) is 0 Å². The zero-order chi connectivity index (χ0) is 20.5. The second-order valence-electron chi connectivity index (χ2n) is 7.63. The Morgan fingerprint density at radius 2 is 1.69 bits per heavy atom. The summed E-state index contributed by atoms with van der Waals surface area (Å²) in [5.41, 5.74) is 8.76. The van der Waals surface area contributed by atoms with Crippen molar-refractivity contribution in [3.8, 4) is 11.1 Å². The molecule has 0 saturated carbocycles. The minimum Gasteiger partial charge on any atom is -0.354 e. The predicted molar refractivity (Wildman–Crippen MR) is 116 cm³/mol. The van der Waals surface area contributed by atoms with Crippen molar-refractivity contribution in [1.82, 2.24) is 10.2 Å². The number of likely N-dealkylation sites (tertiary alicyclic amines) is 1. The average molecular weight is 394 g/mol. The first-order valence-electron chi connectivity index (χ1n) is 10.6. The zero-order valence-electron chi connectivity index (χ0n) is 17.0. The molecule has 1 aliphatic rings. The highest BCUT2D eigenvalue weighted by atomic mass is 16.2. The molecule has 29 heavy (non-hydrogen) atoms. The van der Waals surface area contributed by atoms with Crippen LogP contribution in [-0.2, 0) is 16.0 Å². The van der Waals surface area contributed by atoms with Gasteiger partial charge in [-0.3, -0.25) is 9.59 Å². The van der Waals surface area contributed by atoms with E-state index < -0.39 is 0 Å². The number of benzene rings is 2. The normalized spacial score (nSPS) is 16.0. The second-order valence-corrected chi connectivity index (χ2v) is 7.63. The Hall–Kier alpha value is -2.66. The van der Waals surface area contributed by atoms with E-state index in [1.807, 2.05) is 42.5 Å². The number of nitrogens with one attached hydrogen (secondary N) is 1. The molecule has 0 spiro atoms. The van der Waals surface area contributed by atoms with Crippen molar-refractivity contribution in [2.24, 2.45) is 5.73 Å². The molecule has 0 aromatic heterocycles. The van der Waals surface area contributed by atoms with E-state index in [0.29, 0.717) is 26.1 Å². The van der Waals surface area contributed by atoms with Crippen molar-refractivity contribution >= 4 is 11.8 Å². The van der Waals surface area contributed by atoms with E-state index in [1.165, 1.54) is 0 Å². The summed E-state index contributed by atoms with van der Waals surface area (Å²) in [6, 6.07) is 18.0. The van der Waals surface area contributed by atoms with Crippen LogP contribution in [0.15, 0.2) is 54.6 Å². The van der Waals surface area contributed by atoms with Crippen LogP contribution in [0, 0.1) is 0 Å². The van der Waals surface area contributed by atoms with Gasteiger partial charge in [0.25, 0.3) is 0 Å². The summed E-state index contributed by atoms with van der Waals surface area (Å²) in [4.78, 5) is 27.1. The fraction of sp³-hybridized carbons (Fsp3) is 0.417. The van der Waals surface area contributed by atoms with Crippen molar-refractivity contribution in [3.05, 3.63) is 60.2 Å². The van der Waals surface area contributed by atoms with Gasteiger partial charge in [0, 0.05) is 13.1 Å². The van der Waals surface area contributed by atoms with Gasteiger partial charge >= 0.3 is 0 Å². The number of amides is 2. The van der Waals surface area contributed by atoms with Crippen molar-refractivity contribution in [1.29, 1.82) is 0 Å². The molecular weight excluding hydrogens is 362 g/mol. The molecule has 1 heterocycles. The first kappa shape index (κ1) is 21.1. The standard InChI is InChI=1S/C24H31N3O2/c25-15-5-2-6-16-26-24(29)22-10-7-17-27(22)23(28)18-19-11-13-21(14-12-19)20-8-3-1-4-9-20/h1,3-4,8-9,11-14,22H,2,5-7,10,15-18,25H2,(H,26,29)/t22-/m1/s1. The fourth-order valence-corrected chi connectivity index (χ4v) is 3.84. The number of nitrogens with zero attached hydrogens (tertiary/aromatic N) is 1. The molecule has 3 rings (SSSR count). The summed E-state index contributed by atoms with van der Waals surface area (Å²) in [5, 5.41) is 2.98. The molecule has 2 aromatic carbocycles. The topological polar surface area (TPSA) is 75.4 Å². The van der Waals surface area contributed by atoms with Gasteiger partial charge in [-0.25, -0.2) is 0 Å². The zero-order valence-corrected chi connectivity index (χ0v) is 17.0. The van der Waals surface area contributed by atoms with Gasteiger partial charge in [-0.05, 0) is 48.9 Å². The van der Waals surface area contributed by atoms with Crippen LogP contribution in [0.1, 0.15) is 37.7 Å². The van der Waals surface area contributed by atoms with Gasteiger partial charge in [-0.15, -0.1) is 0 Å². The number of hydrogen-bond acceptors (Lipinski definition) is 3. The molecule has 5 heteroatoms. The molecule has 2 aromatic rings. The summed E-state index contributed by atoms with van der Waals surface area (Å²) in [5.74, 6) is 0.00117. The lowest BCUT2D eigenvalue weighted by atomic mass is 10.0. The third-order valence-electron chi connectivity index (χ3n) is 5.47. The molecule has 5 nitrogen and oxygen atoms in total. The predicted octanol–water partition coefficient (Wildman–Crippen LogP) is 3.13. The highest BCUT2D eigenvalue weighted by molar-refractivity contribution is 5.89. The Morgan fingerprint density at radius 3 is 2.41 bits per heavy atom. The van der Waals surface area contributed by atoms with Crippen LogP contribution < -0.4 is 11.1 Å². The molecule has 1 atom stereocenters. The highest BCUT2D eigenvalue weighted by Crippen LogP contribution is 2.22. The molecular formula is C24H31N3O2. The van der Waals surface area contributed by atoms with E-state index in [2.05, 4.69) is 17.4 Å². The largest absolute Gasteiger partial charge is 0.354 e. The van der Waals surface area contributed by atoms with Crippen LogP contribution in [0.5, 0.6) is 0 Å². The van der Waals surface area contributed by atoms with Gasteiger partial charge in [-0.1, -0.05) is 61.0 Å². The van der Waals surface area contributed by atoms with Gasteiger partial charge in [0.2, 0.25) is 11.8 Å². The number of hydrogen-bond donors (Lipinski definition) is 2. The Kier molecular flexibility index (Phi) is 7.82. The molecule has 154 valence electrons. The van der Waals surface area contributed by atoms with Crippen LogP contribution in [0.4, 0.5) is 0 Å². The maximum absolute atomic E-state index is 12.8. The van der Waals surface area contributed by atoms with Crippen molar-refractivity contribution < 1.29 is 9.59 Å². The quantitative estimate of drug-likeness (QED) is 0.643. The Morgan fingerprint density at radius 1 is 0.966 bits per heavy atom. The van der Waals surface area contributed by atoms with Crippen LogP contribution in [0.3, 0.4) is 0 Å². The Labute approximate surface area is 173 Å². The van der Waals surface area contributed by atoms with Crippen molar-refractivity contribution in [3.63, 3.8) is 0 Å². The fourth-order valence-electron chi connectivity index (χ4n) is 3.84. The van der Waals surface area contributed by atoms with E-state index in [9.17, 15) is 9.59 Å². The minimum absolute atomic E-state index is 0.0250. The van der Waals surface area contributed by atoms with Gasteiger partial charge < -0.3 is 16.0 Å². The van der Waals surface area contributed by atoms with Crippen LogP contribution in [0.25, 0.3) is 11.1 Å². The summed E-state index contributed by atoms with van der Waals surface area (Å²) < 4.78 is 0. The Bertz CT molecular complexity index is 790. The smallest absolute Gasteiger partial charge is 0.242 e. The first-order valence-corrected chi connectivity index (χ1v) is 10.6. The van der Waals surface area contributed by atoms with Crippen LogP contribution in [-0.4, -0.2) is 42.4 Å². The summed E-state index contributed by atoms with van der Waals surface area (Å²) >= 11 is 0. The lowest BCUT2D eigenvalue weighted by Crippen LogP contribution is -2.46. The van der Waals surface area contributed by atoms with E-state index in [0.717, 1.165) is 48.8 Å². The SMILES string of the molecule is NCCCCCNC(=O)[C@H]1CCCN1C(=O)Cc1ccc(-c2ccccc2)cc1. The van der Waals surface area contributed by atoms with Gasteiger partial charge in [0.1, 0.15) is 6.04 Å². The lowest BCUT2D eigenvalue weighted by Gasteiger charge is -2.24. The molecule has 0 bridgehead atoms. The molecule has 0 radical (unpaired) electrons. The third kappa shape index (κ3) is 5.91. The molecule has 1 aliphatic heterocycles. The highest BCUT2D eigenvalue weighted by Gasteiger charge is 2.33. The van der Waals surface area contributed by atoms with E-state index in [1.54, 1.807) is 4.90 Å². The number of nitrogens with two attached hydrogens (primary N) is 1. The van der Waals surface area contributed by atoms with E-state index >= 15 is 0 Å². The monoisotopic (exact) mass is 393 g/mol. The number of carbonyl (C=O) groups excluding carboxylic acids is 2. The molecule has 0 unspecified atom stereocenters. The van der Waals surface area contributed by atoms with Crippen LogP contribution in [0.2, 0.25) is 0 Å². The molecule has 3 N–H and O–H groups in total. The van der Waals surface area contributed by atoms with E-state index in [4.69, 9.17) is 5.73 Å². The van der Waals surface area contributed by atoms with Crippen molar-refractivity contribution in [2.75, 3.05) is 19.6 Å². The average Bonchev–Trinajstić information content (AvgIpc) is 3.25. The number of unbranched alkanes of at least 4 members (excludes halogenated alkanes) is 2. The summed E-state index contributed by atoms with van der Waals surface area (Å²) in [7, 11) is 0. The van der Waals surface area contributed by atoms with Crippen LogP contribution >= 0.6 is 0 Å². The summed E-state index contributed by atoms with van der Waals surface area (Å²) in [6.45, 7) is 2.00. The first-order chi connectivity index (χ1) is 14.2. The van der Waals surface area contributed by atoms with Gasteiger partial charge in [0.05, 0.1) is 6.42 Å². The number of carbonyl (C=O) groups is 2. The maximum Gasteiger partial charge on any atom is 0.242 e. The molecule has 2 amide bonds. The Balaban J connectivity index is 1.53. The van der Waals surface area contributed by atoms with Gasteiger partial charge in [0.15, 0.2) is 0 Å². The second kappa shape index (κ2) is 10.8.